The molecule has 0 saturated carbocycles. The molecule has 0 aromatic rings. The van der Waals surface area contributed by atoms with Crippen LogP contribution in [0.2, 0.25) is 0 Å². The second kappa shape index (κ2) is 8.56. The van der Waals surface area contributed by atoms with Crippen molar-refractivity contribution in [3.05, 3.63) is 22.8 Å². The van der Waals surface area contributed by atoms with Crippen molar-refractivity contribution in [2.45, 2.75) is 85.5 Å². The summed E-state index contributed by atoms with van der Waals surface area (Å²) >= 11 is 0. The van der Waals surface area contributed by atoms with Gasteiger partial charge in [0.15, 0.2) is 0 Å². The highest BCUT2D eigenvalue weighted by atomic mass is 14.2. The highest BCUT2D eigenvalue weighted by Gasteiger charge is 2.19. The van der Waals surface area contributed by atoms with Gasteiger partial charge in [0.05, 0.1) is 0 Å². The first-order chi connectivity index (χ1) is 8.70. The van der Waals surface area contributed by atoms with Crippen LogP contribution in [0.25, 0.3) is 0 Å². The average molecular weight is 247 g/mol. The predicted octanol–water partition coefficient (Wildman–Crippen LogP) is 6.23. The van der Waals surface area contributed by atoms with E-state index in [2.05, 4.69) is 33.8 Å². The zero-order valence-electron chi connectivity index (χ0n) is 12.9. The first-order valence-electron chi connectivity index (χ1n) is 8.02. The van der Waals surface area contributed by atoms with Crippen LogP contribution in [0, 0.1) is 12.0 Å². The Balaban J connectivity index is 2.61. The zero-order chi connectivity index (χ0) is 13.4. The smallest absolute Gasteiger partial charge is 0.00553 e. The second-order valence-corrected chi connectivity index (χ2v) is 5.92. The molecule has 1 aliphatic carbocycles. The molecule has 0 saturated heterocycles. The monoisotopic (exact) mass is 247 g/mol. The van der Waals surface area contributed by atoms with E-state index in [9.17, 15) is 0 Å². The maximum absolute atomic E-state index is 3.65. The Hall–Kier alpha value is -0.520. The Morgan fingerprint density at radius 1 is 0.944 bits per heavy atom. The lowest BCUT2D eigenvalue weighted by Gasteiger charge is -2.14. The van der Waals surface area contributed by atoms with E-state index in [1.165, 1.54) is 56.9 Å². The molecule has 0 fully saturated rings. The molecule has 0 amide bonds. The minimum Gasteiger partial charge on any atom is -0.0654 e. The van der Waals surface area contributed by atoms with Gasteiger partial charge >= 0.3 is 0 Å². The number of hydrogen-bond donors (Lipinski definition) is 0. The molecule has 18 heavy (non-hydrogen) atoms. The van der Waals surface area contributed by atoms with Crippen molar-refractivity contribution in [3.63, 3.8) is 0 Å². The van der Waals surface area contributed by atoms with Crippen molar-refractivity contribution in [2.75, 3.05) is 0 Å². The third-order valence-corrected chi connectivity index (χ3v) is 3.93. The lowest BCUT2D eigenvalue weighted by molar-refractivity contribution is 0.677. The van der Waals surface area contributed by atoms with Crippen molar-refractivity contribution in [2.24, 2.45) is 5.92 Å². The maximum Gasteiger partial charge on any atom is -0.00553 e. The van der Waals surface area contributed by atoms with Crippen molar-refractivity contribution in [3.8, 4) is 0 Å². The summed E-state index contributed by atoms with van der Waals surface area (Å²) in [5.74, 6) is 0.658. The molecule has 0 bridgehead atoms. The minimum absolute atomic E-state index is 0.658. The molecule has 1 rings (SSSR count). The van der Waals surface area contributed by atoms with E-state index >= 15 is 0 Å². The van der Waals surface area contributed by atoms with E-state index in [1.807, 2.05) is 0 Å². The first kappa shape index (κ1) is 15.5. The van der Waals surface area contributed by atoms with Crippen molar-refractivity contribution < 1.29 is 0 Å². The van der Waals surface area contributed by atoms with Crippen LogP contribution in [-0.2, 0) is 0 Å². The third kappa shape index (κ3) is 4.63. The van der Waals surface area contributed by atoms with Crippen molar-refractivity contribution >= 4 is 0 Å². The summed E-state index contributed by atoms with van der Waals surface area (Å²) in [7, 11) is 0. The molecule has 0 nitrogen and oxygen atoms in total. The summed E-state index contributed by atoms with van der Waals surface area (Å²) in [6, 6.07) is 0. The summed E-state index contributed by atoms with van der Waals surface area (Å²) in [4.78, 5) is 0. The maximum atomic E-state index is 3.65. The fourth-order valence-corrected chi connectivity index (χ4v) is 2.85. The highest BCUT2D eigenvalue weighted by molar-refractivity contribution is 5.41. The largest absolute Gasteiger partial charge is 0.0654 e. The number of unbranched alkanes of at least 4 members (excludes halogenated alkanes) is 4. The van der Waals surface area contributed by atoms with E-state index in [1.54, 1.807) is 11.1 Å². The van der Waals surface area contributed by atoms with E-state index in [4.69, 9.17) is 0 Å². The second-order valence-electron chi connectivity index (χ2n) is 5.92. The number of hydrogen-bond acceptors (Lipinski definition) is 0. The van der Waals surface area contributed by atoms with Crippen LogP contribution in [0.15, 0.2) is 16.7 Å². The molecular formula is C18H31. The van der Waals surface area contributed by atoms with Gasteiger partial charge in [-0.3, -0.25) is 0 Å². The van der Waals surface area contributed by atoms with Gasteiger partial charge in [-0.25, -0.2) is 0 Å². The normalized spacial score (nSPS) is 15.7. The summed E-state index contributed by atoms with van der Waals surface area (Å²) in [6.07, 6.45) is 15.5. The lowest BCUT2D eigenvalue weighted by Crippen LogP contribution is -1.98. The predicted molar refractivity (Wildman–Crippen MR) is 81.5 cm³/mol. The molecule has 0 spiro atoms. The molecule has 0 aromatic carbocycles. The standard InChI is InChI=1S/C18H31/c1-5-7-9-11-16-13-14-17(15(3)4)18(16)12-10-8-6-2/h15H,5-13H2,1-4H3. The Morgan fingerprint density at radius 3 is 2.11 bits per heavy atom. The van der Waals surface area contributed by atoms with Crippen LogP contribution in [0.4, 0.5) is 0 Å². The van der Waals surface area contributed by atoms with Gasteiger partial charge in [-0.1, -0.05) is 59.0 Å². The zero-order valence-corrected chi connectivity index (χ0v) is 12.9. The van der Waals surface area contributed by atoms with Gasteiger partial charge in [0.25, 0.3) is 0 Å². The van der Waals surface area contributed by atoms with Gasteiger partial charge in [0, 0.05) is 0 Å². The molecule has 0 heteroatoms. The molecule has 103 valence electrons. The molecule has 0 heterocycles. The fourth-order valence-electron chi connectivity index (χ4n) is 2.85. The van der Waals surface area contributed by atoms with Crippen LogP contribution in [0.3, 0.4) is 0 Å². The van der Waals surface area contributed by atoms with Gasteiger partial charge < -0.3 is 0 Å². The van der Waals surface area contributed by atoms with E-state index in [0.717, 1.165) is 6.42 Å². The van der Waals surface area contributed by atoms with E-state index < -0.39 is 0 Å². The fraction of sp³-hybridized carbons (Fsp3) is 0.778. The SMILES string of the molecule is CCCCCC1=C(CCCCC)C(C(C)C)=[C]C1. The Morgan fingerprint density at radius 2 is 1.56 bits per heavy atom. The van der Waals surface area contributed by atoms with Crippen molar-refractivity contribution in [1.82, 2.24) is 0 Å². The summed E-state index contributed by atoms with van der Waals surface area (Å²) in [5.41, 5.74) is 4.94. The van der Waals surface area contributed by atoms with Crippen LogP contribution in [-0.4, -0.2) is 0 Å². The molecular weight excluding hydrogens is 216 g/mol. The van der Waals surface area contributed by atoms with Crippen molar-refractivity contribution in [1.29, 1.82) is 0 Å². The number of rotatable bonds is 9. The van der Waals surface area contributed by atoms with Crippen LogP contribution in [0.5, 0.6) is 0 Å². The molecule has 0 N–H and O–H groups in total. The van der Waals surface area contributed by atoms with Gasteiger partial charge in [-0.05, 0) is 55.2 Å². The third-order valence-electron chi connectivity index (χ3n) is 3.93. The van der Waals surface area contributed by atoms with Gasteiger partial charge in [-0.2, -0.15) is 0 Å². The van der Waals surface area contributed by atoms with Gasteiger partial charge in [-0.15, -0.1) is 0 Å². The van der Waals surface area contributed by atoms with E-state index in [0.29, 0.717) is 5.92 Å². The Kier molecular flexibility index (Phi) is 7.39. The summed E-state index contributed by atoms with van der Waals surface area (Å²) in [6.45, 7) is 9.21. The first-order valence-corrected chi connectivity index (χ1v) is 8.02. The average Bonchev–Trinajstić information content (AvgIpc) is 2.73. The Bertz CT molecular complexity index is 291. The van der Waals surface area contributed by atoms with Gasteiger partial charge in [0.1, 0.15) is 0 Å². The number of allylic oxidation sites excluding steroid dienone is 4. The molecule has 0 aliphatic heterocycles. The van der Waals surface area contributed by atoms with Crippen LogP contribution < -0.4 is 0 Å². The molecule has 1 radical (unpaired) electrons. The Labute approximate surface area is 115 Å². The van der Waals surface area contributed by atoms with Gasteiger partial charge in [0.2, 0.25) is 0 Å². The minimum atomic E-state index is 0.658. The molecule has 0 atom stereocenters. The van der Waals surface area contributed by atoms with E-state index in [-0.39, 0.29) is 0 Å². The van der Waals surface area contributed by atoms with Crippen LogP contribution in [0.1, 0.15) is 85.5 Å². The lowest BCUT2D eigenvalue weighted by atomic mass is 9.91. The molecule has 1 aliphatic rings. The highest BCUT2D eigenvalue weighted by Crippen LogP contribution is 2.36. The topological polar surface area (TPSA) is 0 Å². The quantitative estimate of drug-likeness (QED) is 0.423. The molecule has 0 unspecified atom stereocenters. The summed E-state index contributed by atoms with van der Waals surface area (Å²) < 4.78 is 0. The van der Waals surface area contributed by atoms with Crippen LogP contribution >= 0.6 is 0 Å². The molecule has 0 aromatic heterocycles. The summed E-state index contributed by atoms with van der Waals surface area (Å²) in [5, 5.41) is 0.